The van der Waals surface area contributed by atoms with E-state index in [9.17, 15) is 0 Å². The largest absolute Gasteiger partial charge is 0.354 e. The molecule has 3 aromatic rings. The minimum absolute atomic E-state index is 0.695. The first-order valence-corrected chi connectivity index (χ1v) is 9.19. The molecule has 1 aliphatic heterocycles. The van der Waals surface area contributed by atoms with Crippen molar-refractivity contribution in [1.82, 2.24) is 10.2 Å². The molecule has 0 aliphatic carbocycles. The van der Waals surface area contributed by atoms with Gasteiger partial charge >= 0.3 is 0 Å². The Morgan fingerprint density at radius 1 is 0.840 bits per heavy atom. The molecule has 3 heteroatoms. The van der Waals surface area contributed by atoms with Crippen molar-refractivity contribution in [2.75, 3.05) is 18.0 Å². The third-order valence-electron chi connectivity index (χ3n) is 5.16. The number of nitrogens with zero attached hydrogens (tertiary/aromatic N) is 3. The third-order valence-corrected chi connectivity index (χ3v) is 5.16. The number of fused-ring (bicyclic) bond motifs is 1. The van der Waals surface area contributed by atoms with Gasteiger partial charge in [0.1, 0.15) is 5.69 Å². The molecule has 1 aromatic heterocycles. The van der Waals surface area contributed by atoms with Crippen LogP contribution < -0.4 is 4.90 Å². The van der Waals surface area contributed by atoms with Crippen LogP contribution in [0, 0.1) is 18.8 Å². The van der Waals surface area contributed by atoms with E-state index in [1.807, 2.05) is 0 Å². The van der Waals surface area contributed by atoms with Gasteiger partial charge in [0.15, 0.2) is 5.82 Å². The highest BCUT2D eigenvalue weighted by atomic mass is 15.3. The molecule has 1 fully saturated rings. The van der Waals surface area contributed by atoms with Gasteiger partial charge in [-0.3, -0.25) is 0 Å². The van der Waals surface area contributed by atoms with Gasteiger partial charge in [0.05, 0.1) is 0 Å². The number of aryl methyl sites for hydroxylation is 1. The zero-order valence-electron chi connectivity index (χ0n) is 15.2. The normalized spacial score (nSPS) is 20.8. The van der Waals surface area contributed by atoms with Crippen molar-refractivity contribution in [2.45, 2.75) is 27.2 Å². The Bertz CT molecular complexity index is 875. The molecule has 1 aliphatic rings. The number of rotatable bonds is 2. The fourth-order valence-corrected chi connectivity index (χ4v) is 4.08. The molecule has 3 nitrogen and oxygen atoms in total. The molecular formula is C22H25N3. The summed E-state index contributed by atoms with van der Waals surface area (Å²) in [5.74, 6) is 2.42. The highest BCUT2D eigenvalue weighted by Crippen LogP contribution is 2.34. The van der Waals surface area contributed by atoms with E-state index in [-0.39, 0.29) is 0 Å². The van der Waals surface area contributed by atoms with E-state index in [1.54, 1.807) is 0 Å². The summed E-state index contributed by atoms with van der Waals surface area (Å²) in [4.78, 5) is 2.42. The lowest BCUT2D eigenvalue weighted by atomic mass is 9.91. The van der Waals surface area contributed by atoms with Crippen molar-refractivity contribution >= 4 is 16.6 Å². The van der Waals surface area contributed by atoms with Crippen molar-refractivity contribution < 1.29 is 0 Å². The van der Waals surface area contributed by atoms with Crippen molar-refractivity contribution in [1.29, 1.82) is 0 Å². The van der Waals surface area contributed by atoms with Gasteiger partial charge in [-0.2, -0.15) is 0 Å². The molecule has 2 heterocycles. The van der Waals surface area contributed by atoms with Gasteiger partial charge in [0.25, 0.3) is 0 Å². The summed E-state index contributed by atoms with van der Waals surface area (Å²) >= 11 is 0. The van der Waals surface area contributed by atoms with Crippen LogP contribution in [-0.2, 0) is 0 Å². The molecule has 0 N–H and O–H groups in total. The maximum Gasteiger partial charge on any atom is 0.159 e. The molecule has 0 saturated carbocycles. The topological polar surface area (TPSA) is 29.0 Å². The maximum absolute atomic E-state index is 4.67. The fourth-order valence-electron chi connectivity index (χ4n) is 4.08. The number of hydrogen-bond acceptors (Lipinski definition) is 3. The van der Waals surface area contributed by atoms with Crippen LogP contribution in [-0.4, -0.2) is 23.3 Å². The molecule has 2 atom stereocenters. The second-order valence-electron chi connectivity index (χ2n) is 7.63. The van der Waals surface area contributed by atoms with Gasteiger partial charge in [-0.15, -0.1) is 10.2 Å². The Morgan fingerprint density at radius 2 is 1.48 bits per heavy atom. The zero-order chi connectivity index (χ0) is 17.4. The Kier molecular flexibility index (Phi) is 4.16. The summed E-state index contributed by atoms with van der Waals surface area (Å²) in [7, 11) is 0. The first kappa shape index (κ1) is 16.1. The fraction of sp³-hybridized carbons (Fsp3) is 0.364. The van der Waals surface area contributed by atoms with Gasteiger partial charge in [0, 0.05) is 29.4 Å². The monoisotopic (exact) mass is 331 g/mol. The summed E-state index contributed by atoms with van der Waals surface area (Å²) in [5.41, 5.74) is 3.35. The number of hydrogen-bond donors (Lipinski definition) is 0. The first-order valence-electron chi connectivity index (χ1n) is 9.19. The summed E-state index contributed by atoms with van der Waals surface area (Å²) in [6.07, 6.45) is 1.29. The predicted octanol–water partition coefficient (Wildman–Crippen LogP) is 5.09. The van der Waals surface area contributed by atoms with E-state index in [0.29, 0.717) is 11.8 Å². The average molecular weight is 331 g/mol. The second kappa shape index (κ2) is 6.47. The molecular weight excluding hydrogens is 306 g/mol. The first-order chi connectivity index (χ1) is 12.1. The molecule has 25 heavy (non-hydrogen) atoms. The molecule has 0 amide bonds. The van der Waals surface area contributed by atoms with Crippen LogP contribution in [0.1, 0.15) is 25.8 Å². The Morgan fingerprint density at radius 3 is 2.16 bits per heavy atom. The van der Waals surface area contributed by atoms with E-state index in [4.69, 9.17) is 0 Å². The maximum atomic E-state index is 4.67. The van der Waals surface area contributed by atoms with E-state index in [2.05, 4.69) is 84.4 Å². The number of anilines is 1. The number of aromatic nitrogens is 2. The molecule has 0 radical (unpaired) electrons. The van der Waals surface area contributed by atoms with Crippen molar-refractivity contribution in [3.05, 3.63) is 54.1 Å². The van der Waals surface area contributed by atoms with Crippen molar-refractivity contribution in [2.24, 2.45) is 11.8 Å². The smallest absolute Gasteiger partial charge is 0.159 e. The van der Waals surface area contributed by atoms with Crippen LogP contribution in [0.25, 0.3) is 22.0 Å². The van der Waals surface area contributed by atoms with Crippen molar-refractivity contribution in [3.8, 4) is 11.3 Å². The zero-order valence-corrected chi connectivity index (χ0v) is 15.2. The van der Waals surface area contributed by atoms with Crippen LogP contribution >= 0.6 is 0 Å². The van der Waals surface area contributed by atoms with E-state index in [0.717, 1.165) is 30.2 Å². The van der Waals surface area contributed by atoms with Crippen LogP contribution in [0.15, 0.2) is 48.5 Å². The molecule has 2 unspecified atom stereocenters. The predicted molar refractivity (Wildman–Crippen MR) is 105 cm³/mol. The van der Waals surface area contributed by atoms with E-state index < -0.39 is 0 Å². The van der Waals surface area contributed by atoms with E-state index >= 15 is 0 Å². The van der Waals surface area contributed by atoms with Crippen LogP contribution in [0.5, 0.6) is 0 Å². The number of piperidine rings is 1. The molecule has 2 aromatic carbocycles. The lowest BCUT2D eigenvalue weighted by molar-refractivity contribution is 0.355. The lowest BCUT2D eigenvalue weighted by Crippen LogP contribution is -2.39. The highest BCUT2D eigenvalue weighted by molar-refractivity contribution is 6.00. The molecule has 1 saturated heterocycles. The summed E-state index contributed by atoms with van der Waals surface area (Å²) in [6.45, 7) is 8.90. The van der Waals surface area contributed by atoms with Gasteiger partial charge in [0.2, 0.25) is 0 Å². The van der Waals surface area contributed by atoms with Crippen molar-refractivity contribution in [3.63, 3.8) is 0 Å². The van der Waals surface area contributed by atoms with Gasteiger partial charge < -0.3 is 4.90 Å². The second-order valence-corrected chi connectivity index (χ2v) is 7.63. The lowest BCUT2D eigenvalue weighted by Gasteiger charge is -2.36. The minimum atomic E-state index is 0.695. The van der Waals surface area contributed by atoms with Gasteiger partial charge in [-0.05, 0) is 25.2 Å². The molecule has 0 bridgehead atoms. The SMILES string of the molecule is Cc1ccc(-c2nnc(N3CC(C)CC(C)C3)c3ccccc23)cc1. The molecule has 4 rings (SSSR count). The summed E-state index contributed by atoms with van der Waals surface area (Å²) in [5, 5.41) is 11.7. The van der Waals surface area contributed by atoms with Gasteiger partial charge in [-0.1, -0.05) is 67.9 Å². The van der Waals surface area contributed by atoms with Gasteiger partial charge in [-0.25, -0.2) is 0 Å². The third kappa shape index (κ3) is 3.11. The quantitative estimate of drug-likeness (QED) is 0.655. The van der Waals surface area contributed by atoms with Crippen LogP contribution in [0.4, 0.5) is 5.82 Å². The van der Waals surface area contributed by atoms with Crippen LogP contribution in [0.2, 0.25) is 0 Å². The Labute approximate surface area is 149 Å². The molecule has 0 spiro atoms. The average Bonchev–Trinajstić information content (AvgIpc) is 2.61. The molecule has 128 valence electrons. The van der Waals surface area contributed by atoms with Crippen LogP contribution in [0.3, 0.4) is 0 Å². The Balaban J connectivity index is 1.83. The summed E-state index contributed by atoms with van der Waals surface area (Å²) < 4.78 is 0. The highest BCUT2D eigenvalue weighted by Gasteiger charge is 2.25. The standard InChI is InChI=1S/C22H25N3/c1-15-8-10-18(11-9-15)21-19-6-4-5-7-20(19)22(24-23-21)25-13-16(2)12-17(3)14-25/h4-11,16-17H,12-14H2,1-3H3. The number of benzene rings is 2. The Hall–Kier alpha value is -2.42. The van der Waals surface area contributed by atoms with E-state index in [1.165, 1.54) is 22.8 Å². The minimum Gasteiger partial charge on any atom is -0.354 e. The summed E-state index contributed by atoms with van der Waals surface area (Å²) in [6, 6.07) is 17.1.